The largest absolute Gasteiger partial charge is 0.465 e. The van der Waals surface area contributed by atoms with E-state index in [-0.39, 0.29) is 17.2 Å². The van der Waals surface area contributed by atoms with Crippen LogP contribution in [0, 0.1) is 5.82 Å². The summed E-state index contributed by atoms with van der Waals surface area (Å²) < 4.78 is 18.4. The van der Waals surface area contributed by atoms with Crippen LogP contribution in [0.3, 0.4) is 0 Å². The maximum atomic E-state index is 13.7. The summed E-state index contributed by atoms with van der Waals surface area (Å²) in [4.78, 5) is 13.8. The summed E-state index contributed by atoms with van der Waals surface area (Å²) in [6.45, 7) is 5.97. The van der Waals surface area contributed by atoms with E-state index in [9.17, 15) is 9.18 Å². The minimum absolute atomic E-state index is 0.0251. The summed E-state index contributed by atoms with van der Waals surface area (Å²) >= 11 is 0. The molecule has 126 valence electrons. The molecule has 0 spiro atoms. The molecule has 0 amide bonds. The van der Waals surface area contributed by atoms with Crippen molar-refractivity contribution in [3.05, 3.63) is 65.0 Å². The van der Waals surface area contributed by atoms with Crippen molar-refractivity contribution < 1.29 is 13.9 Å². The molecule has 24 heavy (non-hydrogen) atoms. The van der Waals surface area contributed by atoms with Crippen molar-refractivity contribution in [1.82, 2.24) is 0 Å². The Labute approximate surface area is 142 Å². The van der Waals surface area contributed by atoms with Crippen molar-refractivity contribution >= 4 is 11.7 Å². The van der Waals surface area contributed by atoms with Gasteiger partial charge in [-0.25, -0.2) is 9.18 Å². The van der Waals surface area contributed by atoms with E-state index < -0.39 is 0 Å². The molecule has 0 atom stereocenters. The Kier molecular flexibility index (Phi) is 4.31. The Hall–Kier alpha value is -2.36. The van der Waals surface area contributed by atoms with Crippen LogP contribution in [0.25, 0.3) is 0 Å². The first-order valence-electron chi connectivity index (χ1n) is 8.13. The number of hydrogen-bond donors (Lipinski definition) is 0. The highest BCUT2D eigenvalue weighted by Gasteiger charge is 2.31. The van der Waals surface area contributed by atoms with Gasteiger partial charge >= 0.3 is 5.97 Å². The maximum Gasteiger partial charge on any atom is 0.337 e. The minimum Gasteiger partial charge on any atom is -0.465 e. The molecule has 0 bridgehead atoms. The number of hydrogen-bond acceptors (Lipinski definition) is 3. The molecule has 1 aliphatic rings. The molecule has 0 fully saturated rings. The van der Waals surface area contributed by atoms with Gasteiger partial charge < -0.3 is 9.64 Å². The first-order valence-corrected chi connectivity index (χ1v) is 8.13. The summed E-state index contributed by atoms with van der Waals surface area (Å²) in [5, 5.41) is 0. The monoisotopic (exact) mass is 327 g/mol. The SMILES string of the molecule is COC(=O)c1ccc(CN2CCC(C)(C)c3cc(F)ccc32)cc1. The van der Waals surface area contributed by atoms with E-state index in [4.69, 9.17) is 4.74 Å². The molecule has 2 aromatic rings. The standard InChI is InChI=1S/C20H22FNO2/c1-20(2)10-11-22(18-9-8-16(21)12-17(18)20)13-14-4-6-15(7-5-14)19(23)24-3/h4-9,12H,10-11,13H2,1-3H3. The van der Waals surface area contributed by atoms with Gasteiger partial charge in [0.15, 0.2) is 0 Å². The van der Waals surface area contributed by atoms with Crippen LogP contribution >= 0.6 is 0 Å². The molecule has 2 aromatic carbocycles. The van der Waals surface area contributed by atoms with Crippen LogP contribution in [0.5, 0.6) is 0 Å². The lowest BCUT2D eigenvalue weighted by atomic mass is 9.77. The number of rotatable bonds is 3. The number of nitrogens with zero attached hydrogens (tertiary/aromatic N) is 1. The second-order valence-corrected chi connectivity index (χ2v) is 6.91. The maximum absolute atomic E-state index is 13.7. The van der Waals surface area contributed by atoms with Gasteiger partial charge in [0.2, 0.25) is 0 Å². The zero-order valence-corrected chi connectivity index (χ0v) is 14.3. The summed E-state index contributed by atoms with van der Waals surface area (Å²) in [6.07, 6.45) is 0.976. The van der Waals surface area contributed by atoms with E-state index >= 15 is 0 Å². The highest BCUT2D eigenvalue weighted by molar-refractivity contribution is 5.89. The third-order valence-corrected chi connectivity index (χ3v) is 4.78. The molecular weight excluding hydrogens is 305 g/mol. The predicted molar refractivity (Wildman–Crippen MR) is 92.9 cm³/mol. The zero-order chi connectivity index (χ0) is 17.3. The molecule has 0 saturated carbocycles. The van der Waals surface area contributed by atoms with Crippen molar-refractivity contribution in [1.29, 1.82) is 0 Å². The summed E-state index contributed by atoms with van der Waals surface area (Å²) in [5.41, 5.74) is 3.77. The zero-order valence-electron chi connectivity index (χ0n) is 14.3. The quantitative estimate of drug-likeness (QED) is 0.787. The number of benzene rings is 2. The summed E-state index contributed by atoms with van der Waals surface area (Å²) in [6, 6.07) is 12.5. The van der Waals surface area contributed by atoms with Crippen LogP contribution in [0.4, 0.5) is 10.1 Å². The van der Waals surface area contributed by atoms with Gasteiger partial charge in [0, 0.05) is 18.8 Å². The molecule has 3 nitrogen and oxygen atoms in total. The van der Waals surface area contributed by atoms with Crippen molar-refractivity contribution in [2.45, 2.75) is 32.2 Å². The molecule has 0 radical (unpaired) electrons. The molecule has 0 aliphatic carbocycles. The molecule has 0 saturated heterocycles. The van der Waals surface area contributed by atoms with Gasteiger partial charge in [-0.15, -0.1) is 0 Å². The van der Waals surface area contributed by atoms with Gasteiger partial charge in [0.05, 0.1) is 12.7 Å². The molecule has 3 rings (SSSR count). The lowest BCUT2D eigenvalue weighted by Crippen LogP contribution is -2.37. The number of carbonyl (C=O) groups is 1. The van der Waals surface area contributed by atoms with Gasteiger partial charge in [0.25, 0.3) is 0 Å². The molecule has 4 heteroatoms. The van der Waals surface area contributed by atoms with Crippen LogP contribution in [-0.4, -0.2) is 19.6 Å². The van der Waals surface area contributed by atoms with Crippen molar-refractivity contribution in [3.63, 3.8) is 0 Å². The van der Waals surface area contributed by atoms with Gasteiger partial charge in [-0.2, -0.15) is 0 Å². The third-order valence-electron chi connectivity index (χ3n) is 4.78. The van der Waals surface area contributed by atoms with Crippen LogP contribution in [0.1, 0.15) is 41.8 Å². The Bertz CT molecular complexity index is 753. The fourth-order valence-corrected chi connectivity index (χ4v) is 3.24. The van der Waals surface area contributed by atoms with Gasteiger partial charge in [-0.1, -0.05) is 26.0 Å². The first kappa shape index (κ1) is 16.5. The number of ether oxygens (including phenoxy) is 1. The van der Waals surface area contributed by atoms with Crippen LogP contribution in [0.2, 0.25) is 0 Å². The van der Waals surface area contributed by atoms with Crippen molar-refractivity contribution in [3.8, 4) is 0 Å². The van der Waals surface area contributed by atoms with E-state index in [1.165, 1.54) is 13.2 Å². The molecular formula is C20H22FNO2. The third kappa shape index (κ3) is 3.14. The topological polar surface area (TPSA) is 29.5 Å². The van der Waals surface area contributed by atoms with Gasteiger partial charge in [0.1, 0.15) is 5.82 Å². The molecule has 0 unspecified atom stereocenters. The Morgan fingerprint density at radius 1 is 1.21 bits per heavy atom. The molecule has 1 aliphatic heterocycles. The molecule has 1 heterocycles. The lowest BCUT2D eigenvalue weighted by molar-refractivity contribution is 0.0600. The smallest absolute Gasteiger partial charge is 0.337 e. The summed E-state index contributed by atoms with van der Waals surface area (Å²) in [7, 11) is 1.38. The second-order valence-electron chi connectivity index (χ2n) is 6.91. The Balaban J connectivity index is 1.85. The number of methoxy groups -OCH3 is 1. The summed E-state index contributed by atoms with van der Waals surface area (Å²) in [5.74, 6) is -0.520. The van der Waals surface area contributed by atoms with E-state index in [2.05, 4.69) is 18.7 Å². The fourth-order valence-electron chi connectivity index (χ4n) is 3.24. The Morgan fingerprint density at radius 3 is 2.58 bits per heavy atom. The van der Waals surface area contributed by atoms with Crippen LogP contribution in [0.15, 0.2) is 42.5 Å². The van der Waals surface area contributed by atoms with E-state index in [0.29, 0.717) is 5.56 Å². The number of carbonyl (C=O) groups excluding carboxylic acids is 1. The average molecular weight is 327 g/mol. The number of fused-ring (bicyclic) bond motifs is 1. The molecule has 0 aromatic heterocycles. The van der Waals surface area contributed by atoms with Gasteiger partial charge in [-0.05, 0) is 53.3 Å². The van der Waals surface area contributed by atoms with Crippen LogP contribution in [-0.2, 0) is 16.7 Å². The lowest BCUT2D eigenvalue weighted by Gasteiger charge is -2.40. The van der Waals surface area contributed by atoms with Gasteiger partial charge in [-0.3, -0.25) is 0 Å². The van der Waals surface area contributed by atoms with E-state index in [0.717, 1.165) is 36.3 Å². The highest BCUT2D eigenvalue weighted by Crippen LogP contribution is 2.40. The van der Waals surface area contributed by atoms with Crippen LogP contribution < -0.4 is 4.90 Å². The number of anilines is 1. The first-order chi connectivity index (χ1) is 11.4. The van der Waals surface area contributed by atoms with E-state index in [1.54, 1.807) is 18.2 Å². The normalized spacial score (nSPS) is 15.8. The predicted octanol–water partition coefficient (Wildman–Crippen LogP) is 4.30. The number of halogens is 1. The van der Waals surface area contributed by atoms with Crippen molar-refractivity contribution in [2.75, 3.05) is 18.6 Å². The fraction of sp³-hybridized carbons (Fsp3) is 0.350. The van der Waals surface area contributed by atoms with E-state index in [1.807, 2.05) is 18.2 Å². The average Bonchev–Trinajstić information content (AvgIpc) is 2.58. The second kappa shape index (κ2) is 6.27. The highest BCUT2D eigenvalue weighted by atomic mass is 19.1. The van der Waals surface area contributed by atoms with Crippen molar-refractivity contribution in [2.24, 2.45) is 0 Å². The Morgan fingerprint density at radius 2 is 1.92 bits per heavy atom. The molecule has 0 N–H and O–H groups in total. The minimum atomic E-state index is -0.331. The number of esters is 1.